The Balaban J connectivity index is 0.00000176. The number of amides is 2. The molecule has 2 rings (SSSR count). The first-order chi connectivity index (χ1) is 12.9. The number of carbonyl (C=O) groups excluding carboxylic acids is 2. The molecule has 0 spiro atoms. The van der Waals surface area contributed by atoms with Crippen molar-refractivity contribution in [1.82, 2.24) is 4.90 Å². The van der Waals surface area contributed by atoms with Crippen LogP contribution in [0.15, 0.2) is 41.5 Å². The Kier molecular flexibility index (Phi) is 8.79. The zero-order chi connectivity index (χ0) is 20.6. The number of aryl methyl sites for hydroxylation is 1. The summed E-state index contributed by atoms with van der Waals surface area (Å²) in [5, 5.41) is 0. The van der Waals surface area contributed by atoms with E-state index in [0.29, 0.717) is 17.7 Å². The Hall–Kier alpha value is -2.56. The smallest absolute Gasteiger partial charge is 0.261 e. The van der Waals surface area contributed by atoms with Gasteiger partial charge in [0.2, 0.25) is 0 Å². The van der Waals surface area contributed by atoms with E-state index in [1.807, 2.05) is 46.9 Å². The normalized spacial score (nSPS) is 14.1. The van der Waals surface area contributed by atoms with Gasteiger partial charge >= 0.3 is 0 Å². The number of nitrogens with two attached hydrogens (primary N) is 1. The van der Waals surface area contributed by atoms with E-state index in [-0.39, 0.29) is 11.8 Å². The number of imide groups is 1. The van der Waals surface area contributed by atoms with Crippen LogP contribution in [-0.2, 0) is 9.59 Å². The van der Waals surface area contributed by atoms with Crippen molar-refractivity contribution in [2.75, 3.05) is 30.8 Å². The third-order valence-corrected chi connectivity index (χ3v) is 4.60. The van der Waals surface area contributed by atoms with Gasteiger partial charge in [-0.1, -0.05) is 26.0 Å². The van der Waals surface area contributed by atoms with E-state index in [0.717, 1.165) is 36.3 Å². The third-order valence-electron chi connectivity index (χ3n) is 4.60. The molecule has 1 aliphatic rings. The van der Waals surface area contributed by atoms with Gasteiger partial charge < -0.3 is 10.6 Å². The molecule has 1 aliphatic heterocycles. The van der Waals surface area contributed by atoms with Crippen LogP contribution in [0.25, 0.3) is 0 Å². The third kappa shape index (κ3) is 5.46. The molecular formula is C22H33N3O2. The van der Waals surface area contributed by atoms with Crippen LogP contribution < -0.4 is 10.6 Å². The number of benzene rings is 1. The molecule has 148 valence electrons. The highest BCUT2D eigenvalue weighted by Crippen LogP contribution is 2.22. The molecular weight excluding hydrogens is 338 g/mol. The molecule has 2 amide bonds. The highest BCUT2D eigenvalue weighted by molar-refractivity contribution is 6.20. The lowest BCUT2D eigenvalue weighted by atomic mass is 10.1. The summed E-state index contributed by atoms with van der Waals surface area (Å²) < 4.78 is 0. The van der Waals surface area contributed by atoms with E-state index in [1.54, 1.807) is 19.1 Å². The summed E-state index contributed by atoms with van der Waals surface area (Å²) in [5.41, 5.74) is 9.89. The Morgan fingerprint density at radius 3 is 2.37 bits per heavy atom. The minimum absolute atomic E-state index is 0.166. The fourth-order valence-corrected chi connectivity index (χ4v) is 2.93. The van der Waals surface area contributed by atoms with Gasteiger partial charge in [0.25, 0.3) is 11.8 Å². The molecule has 0 atom stereocenters. The topological polar surface area (TPSA) is 66.6 Å². The van der Waals surface area contributed by atoms with Gasteiger partial charge in [-0.2, -0.15) is 0 Å². The Morgan fingerprint density at radius 2 is 1.78 bits per heavy atom. The lowest BCUT2D eigenvalue weighted by Crippen LogP contribution is -2.33. The minimum Gasteiger partial charge on any atom is -0.399 e. The maximum absolute atomic E-state index is 12.3. The molecule has 1 aromatic carbocycles. The molecule has 5 nitrogen and oxygen atoms in total. The Bertz CT molecular complexity index is 735. The van der Waals surface area contributed by atoms with Gasteiger partial charge in [0.05, 0.1) is 0 Å². The second kappa shape index (κ2) is 10.6. The van der Waals surface area contributed by atoms with E-state index in [9.17, 15) is 9.59 Å². The predicted octanol–water partition coefficient (Wildman–Crippen LogP) is 4.08. The van der Waals surface area contributed by atoms with Crippen LogP contribution in [0.1, 0.15) is 46.1 Å². The number of hydrogen-bond donors (Lipinski definition) is 1. The Morgan fingerprint density at radius 1 is 1.11 bits per heavy atom. The molecule has 5 heteroatoms. The second-order valence-electron chi connectivity index (χ2n) is 6.47. The fraction of sp³-hybridized carbons (Fsp3) is 0.455. The van der Waals surface area contributed by atoms with Gasteiger partial charge in [-0.3, -0.25) is 14.5 Å². The number of allylic oxidation sites excluding steroid dienone is 1. The molecule has 0 aromatic heterocycles. The van der Waals surface area contributed by atoms with E-state index in [1.165, 1.54) is 4.90 Å². The first-order valence-electron chi connectivity index (χ1n) is 9.63. The Labute approximate surface area is 163 Å². The molecule has 0 unspecified atom stereocenters. The van der Waals surface area contributed by atoms with Gasteiger partial charge in [-0.25, -0.2) is 0 Å². The van der Waals surface area contributed by atoms with Crippen molar-refractivity contribution in [2.45, 2.75) is 47.5 Å². The molecule has 2 N–H and O–H groups in total. The van der Waals surface area contributed by atoms with Gasteiger partial charge in [0.1, 0.15) is 0 Å². The quantitative estimate of drug-likeness (QED) is 0.445. The van der Waals surface area contributed by atoms with Crippen molar-refractivity contribution >= 4 is 23.2 Å². The lowest BCUT2D eigenvalue weighted by molar-refractivity contribution is -0.137. The molecule has 27 heavy (non-hydrogen) atoms. The van der Waals surface area contributed by atoms with E-state index < -0.39 is 0 Å². The van der Waals surface area contributed by atoms with Gasteiger partial charge in [-0.05, 0) is 57.4 Å². The molecule has 1 heterocycles. The summed E-state index contributed by atoms with van der Waals surface area (Å²) >= 11 is 0. The summed E-state index contributed by atoms with van der Waals surface area (Å²) in [6.07, 6.45) is 5.19. The van der Waals surface area contributed by atoms with Gasteiger partial charge in [0.15, 0.2) is 0 Å². The maximum Gasteiger partial charge on any atom is 0.261 e. The SMILES string of the molecule is C/C=C\C1=C(C)C(=O)N(CCCCN(C)c2ccc(N)c(C)c2)C1=O.CC. The molecule has 0 aliphatic carbocycles. The number of unbranched alkanes of at least 4 members (excludes halogenated alkanes) is 1. The van der Waals surface area contributed by atoms with Crippen LogP contribution >= 0.6 is 0 Å². The molecule has 0 saturated carbocycles. The van der Waals surface area contributed by atoms with Crippen LogP contribution in [-0.4, -0.2) is 36.9 Å². The highest BCUT2D eigenvalue weighted by atomic mass is 16.2. The number of hydrogen-bond acceptors (Lipinski definition) is 4. The fourth-order valence-electron chi connectivity index (χ4n) is 2.93. The largest absolute Gasteiger partial charge is 0.399 e. The maximum atomic E-state index is 12.3. The van der Waals surface area contributed by atoms with Crippen molar-refractivity contribution < 1.29 is 9.59 Å². The van der Waals surface area contributed by atoms with Gasteiger partial charge in [0, 0.05) is 42.7 Å². The van der Waals surface area contributed by atoms with E-state index in [2.05, 4.69) is 11.0 Å². The number of rotatable bonds is 7. The summed E-state index contributed by atoms with van der Waals surface area (Å²) in [6, 6.07) is 5.99. The standard InChI is InChI=1S/C20H27N3O2.C2H6/c1-5-8-17-15(3)19(24)23(20(17)25)12-7-6-11-22(4)16-9-10-18(21)14(2)13-16;1-2/h5,8-10,13H,6-7,11-12,21H2,1-4H3;1-2H3/b8-5-;. The van der Waals surface area contributed by atoms with Crippen LogP contribution in [0.5, 0.6) is 0 Å². The number of nitrogens with zero attached hydrogens (tertiary/aromatic N) is 2. The van der Waals surface area contributed by atoms with Crippen molar-refractivity contribution in [2.24, 2.45) is 0 Å². The first kappa shape index (κ1) is 22.5. The summed E-state index contributed by atoms with van der Waals surface area (Å²) in [5.74, 6) is -0.344. The first-order valence-corrected chi connectivity index (χ1v) is 9.63. The van der Waals surface area contributed by atoms with Crippen molar-refractivity contribution in [3.63, 3.8) is 0 Å². The monoisotopic (exact) mass is 371 g/mol. The van der Waals surface area contributed by atoms with Crippen molar-refractivity contribution in [3.05, 3.63) is 47.1 Å². The van der Waals surface area contributed by atoms with Crippen LogP contribution in [0.3, 0.4) is 0 Å². The lowest BCUT2D eigenvalue weighted by Gasteiger charge is -2.21. The molecule has 0 bridgehead atoms. The molecule has 0 fully saturated rings. The van der Waals surface area contributed by atoms with Crippen molar-refractivity contribution in [3.8, 4) is 0 Å². The van der Waals surface area contributed by atoms with Gasteiger partial charge in [-0.15, -0.1) is 0 Å². The summed E-state index contributed by atoms with van der Waals surface area (Å²) in [7, 11) is 2.03. The average molecular weight is 372 g/mol. The summed E-state index contributed by atoms with van der Waals surface area (Å²) in [4.78, 5) is 28.0. The predicted molar refractivity (Wildman–Crippen MR) is 114 cm³/mol. The minimum atomic E-state index is -0.178. The molecule has 1 aromatic rings. The number of carbonyl (C=O) groups is 2. The number of anilines is 2. The van der Waals surface area contributed by atoms with Crippen LogP contribution in [0, 0.1) is 6.92 Å². The molecule has 0 saturated heterocycles. The molecule has 0 radical (unpaired) electrons. The zero-order valence-electron chi connectivity index (χ0n) is 17.5. The van der Waals surface area contributed by atoms with E-state index in [4.69, 9.17) is 5.73 Å². The van der Waals surface area contributed by atoms with Crippen molar-refractivity contribution in [1.29, 1.82) is 0 Å². The average Bonchev–Trinajstić information content (AvgIpc) is 2.86. The summed E-state index contributed by atoms with van der Waals surface area (Å²) in [6.45, 7) is 10.9. The number of nitrogen functional groups attached to an aromatic ring is 1. The van der Waals surface area contributed by atoms with Crippen LogP contribution in [0.2, 0.25) is 0 Å². The zero-order valence-corrected chi connectivity index (χ0v) is 17.5. The van der Waals surface area contributed by atoms with E-state index >= 15 is 0 Å². The second-order valence-corrected chi connectivity index (χ2v) is 6.47. The highest BCUT2D eigenvalue weighted by Gasteiger charge is 2.33. The van der Waals surface area contributed by atoms with Crippen LogP contribution in [0.4, 0.5) is 11.4 Å².